The topological polar surface area (TPSA) is 75.3 Å². The average Bonchev–Trinajstić information content (AvgIpc) is 3.31. The minimum atomic E-state index is 0.635. The molecule has 270 valence electrons. The normalized spacial score (nSPS) is 11.1. The monoisotopic (exact) mass is 739 g/mol. The Kier molecular flexibility index (Phi) is 8.83. The molecule has 0 aliphatic heterocycles. The van der Waals surface area contributed by atoms with Crippen LogP contribution >= 0.6 is 0 Å². The van der Waals surface area contributed by atoms with Gasteiger partial charge in [-0.25, -0.2) is 19.9 Å². The van der Waals surface area contributed by atoms with Crippen LogP contribution < -0.4 is 0 Å². The second kappa shape index (κ2) is 14.9. The van der Waals surface area contributed by atoms with Gasteiger partial charge >= 0.3 is 0 Å². The first-order valence-corrected chi connectivity index (χ1v) is 19.2. The molecule has 0 aliphatic rings. The zero-order valence-corrected chi connectivity index (χ0v) is 31.3. The number of aromatic nitrogens is 4. The molecular formula is C53H33N5. The lowest BCUT2D eigenvalue weighted by atomic mass is 9.92. The van der Waals surface area contributed by atoms with Gasteiger partial charge in [0.05, 0.1) is 45.4 Å². The highest BCUT2D eigenvalue weighted by molar-refractivity contribution is 6.06. The zero-order valence-electron chi connectivity index (χ0n) is 31.3. The summed E-state index contributed by atoms with van der Waals surface area (Å²) in [5.74, 6) is 0.679. The Labute approximate surface area is 336 Å². The second-order valence-electron chi connectivity index (χ2n) is 14.2. The van der Waals surface area contributed by atoms with Crippen LogP contribution in [0, 0.1) is 11.3 Å². The fourth-order valence-electron chi connectivity index (χ4n) is 7.62. The molecule has 2 heterocycles. The van der Waals surface area contributed by atoms with Gasteiger partial charge in [0, 0.05) is 27.8 Å². The van der Waals surface area contributed by atoms with Gasteiger partial charge in [-0.3, -0.25) is 0 Å². The van der Waals surface area contributed by atoms with Crippen LogP contribution in [0.1, 0.15) is 5.56 Å². The molecule has 0 amide bonds. The van der Waals surface area contributed by atoms with E-state index < -0.39 is 0 Å². The van der Waals surface area contributed by atoms with Crippen LogP contribution in [0.4, 0.5) is 0 Å². The number of para-hydroxylation sites is 2. The predicted octanol–water partition coefficient (Wildman–Crippen LogP) is 13.1. The standard InChI is InChI=1S/C53H33N5/c54-34-35-12-11-17-42(32-35)36-22-26-40(27-23-36)51-52(56-48-21-10-9-20-47(48)55-51)46-31-30-43(44-18-7-8-19-45(44)46)37-24-28-41(29-25-37)53-57-49(38-13-3-1-4-14-38)33-50(58-53)39-15-5-2-6-16-39/h1-33H. The van der Waals surface area contributed by atoms with Crippen LogP contribution in [-0.2, 0) is 0 Å². The molecule has 10 aromatic rings. The van der Waals surface area contributed by atoms with E-state index in [0.717, 1.165) is 94.7 Å². The van der Waals surface area contributed by atoms with Crippen molar-refractivity contribution in [1.29, 1.82) is 5.26 Å². The molecule has 0 saturated heterocycles. The Morgan fingerprint density at radius 1 is 0.328 bits per heavy atom. The van der Waals surface area contributed by atoms with Gasteiger partial charge in [0.15, 0.2) is 5.82 Å². The third kappa shape index (κ3) is 6.55. The maximum Gasteiger partial charge on any atom is 0.160 e. The van der Waals surface area contributed by atoms with E-state index in [0.29, 0.717) is 11.4 Å². The Hall–Kier alpha value is -8.07. The summed E-state index contributed by atoms with van der Waals surface area (Å²) >= 11 is 0. The van der Waals surface area contributed by atoms with Crippen LogP contribution in [-0.4, -0.2) is 19.9 Å². The van der Waals surface area contributed by atoms with E-state index in [9.17, 15) is 5.26 Å². The molecule has 10 rings (SSSR count). The number of benzene rings is 8. The Bertz CT molecular complexity index is 3090. The highest BCUT2D eigenvalue weighted by atomic mass is 14.9. The van der Waals surface area contributed by atoms with Crippen molar-refractivity contribution < 1.29 is 0 Å². The summed E-state index contributed by atoms with van der Waals surface area (Å²) in [5, 5.41) is 11.7. The largest absolute Gasteiger partial charge is 0.244 e. The smallest absolute Gasteiger partial charge is 0.160 e. The molecule has 58 heavy (non-hydrogen) atoms. The summed E-state index contributed by atoms with van der Waals surface area (Å²) in [6.45, 7) is 0. The minimum Gasteiger partial charge on any atom is -0.244 e. The van der Waals surface area contributed by atoms with Crippen molar-refractivity contribution >= 4 is 21.8 Å². The van der Waals surface area contributed by atoms with E-state index in [1.165, 1.54) is 0 Å². The van der Waals surface area contributed by atoms with Gasteiger partial charge in [-0.2, -0.15) is 5.26 Å². The molecule has 0 saturated carbocycles. The number of fused-ring (bicyclic) bond motifs is 2. The van der Waals surface area contributed by atoms with Crippen molar-refractivity contribution in [2.75, 3.05) is 0 Å². The second-order valence-corrected chi connectivity index (χ2v) is 14.2. The van der Waals surface area contributed by atoms with Gasteiger partial charge in [-0.05, 0) is 63.4 Å². The molecule has 0 unspecified atom stereocenters. The van der Waals surface area contributed by atoms with Crippen molar-refractivity contribution in [2.45, 2.75) is 0 Å². The van der Waals surface area contributed by atoms with Crippen LogP contribution in [0.15, 0.2) is 200 Å². The van der Waals surface area contributed by atoms with Crippen LogP contribution in [0.3, 0.4) is 0 Å². The lowest BCUT2D eigenvalue weighted by molar-refractivity contribution is 1.18. The molecule has 5 nitrogen and oxygen atoms in total. The van der Waals surface area contributed by atoms with E-state index in [4.69, 9.17) is 19.9 Å². The highest BCUT2D eigenvalue weighted by Gasteiger charge is 2.18. The van der Waals surface area contributed by atoms with Gasteiger partial charge in [-0.1, -0.05) is 170 Å². The third-order valence-electron chi connectivity index (χ3n) is 10.6. The molecule has 5 heteroatoms. The number of nitriles is 1. The molecule has 0 aliphatic carbocycles. The molecule has 0 fully saturated rings. The first-order valence-electron chi connectivity index (χ1n) is 19.2. The Morgan fingerprint density at radius 3 is 1.47 bits per heavy atom. The van der Waals surface area contributed by atoms with Crippen molar-refractivity contribution in [2.24, 2.45) is 0 Å². The van der Waals surface area contributed by atoms with Gasteiger partial charge in [0.2, 0.25) is 0 Å². The summed E-state index contributed by atoms with van der Waals surface area (Å²) in [6, 6.07) is 70.3. The molecule has 0 spiro atoms. The first kappa shape index (κ1) is 34.4. The molecule has 0 N–H and O–H groups in total. The molecule has 0 bridgehead atoms. The molecule has 0 atom stereocenters. The first-order chi connectivity index (χ1) is 28.7. The summed E-state index contributed by atoms with van der Waals surface area (Å²) in [4.78, 5) is 20.6. The van der Waals surface area contributed by atoms with E-state index in [1.807, 2.05) is 84.9 Å². The van der Waals surface area contributed by atoms with E-state index in [1.54, 1.807) is 0 Å². The predicted molar refractivity (Wildman–Crippen MR) is 235 cm³/mol. The fraction of sp³-hybridized carbons (Fsp3) is 0. The lowest BCUT2D eigenvalue weighted by Gasteiger charge is -2.15. The van der Waals surface area contributed by atoms with Gasteiger partial charge in [0.25, 0.3) is 0 Å². The molecular weight excluding hydrogens is 707 g/mol. The molecule has 8 aromatic carbocycles. The number of nitrogens with zero attached hydrogens (tertiary/aromatic N) is 5. The van der Waals surface area contributed by atoms with Gasteiger partial charge in [-0.15, -0.1) is 0 Å². The van der Waals surface area contributed by atoms with Crippen LogP contribution in [0.2, 0.25) is 0 Å². The summed E-state index contributed by atoms with van der Waals surface area (Å²) in [6.07, 6.45) is 0. The van der Waals surface area contributed by atoms with Crippen molar-refractivity contribution in [3.05, 3.63) is 206 Å². The fourth-order valence-corrected chi connectivity index (χ4v) is 7.62. The number of hydrogen-bond donors (Lipinski definition) is 0. The Balaban J connectivity index is 1.05. The number of rotatable bonds is 7. The average molecular weight is 740 g/mol. The quantitative estimate of drug-likeness (QED) is 0.163. The van der Waals surface area contributed by atoms with Crippen molar-refractivity contribution in [3.63, 3.8) is 0 Å². The van der Waals surface area contributed by atoms with Crippen LogP contribution in [0.25, 0.3) is 100 Å². The van der Waals surface area contributed by atoms with Gasteiger partial charge < -0.3 is 0 Å². The summed E-state index contributed by atoms with van der Waals surface area (Å²) in [7, 11) is 0. The molecule has 2 aromatic heterocycles. The third-order valence-corrected chi connectivity index (χ3v) is 10.6. The summed E-state index contributed by atoms with van der Waals surface area (Å²) in [5.41, 5.74) is 15.0. The van der Waals surface area contributed by atoms with E-state index in [-0.39, 0.29) is 0 Å². The summed E-state index contributed by atoms with van der Waals surface area (Å²) < 4.78 is 0. The van der Waals surface area contributed by atoms with Crippen molar-refractivity contribution in [3.8, 4) is 84.7 Å². The van der Waals surface area contributed by atoms with E-state index >= 15 is 0 Å². The maximum atomic E-state index is 9.45. The van der Waals surface area contributed by atoms with Crippen LogP contribution in [0.5, 0.6) is 0 Å². The minimum absolute atomic E-state index is 0.635. The highest BCUT2D eigenvalue weighted by Crippen LogP contribution is 2.40. The zero-order chi connectivity index (χ0) is 38.8. The SMILES string of the molecule is N#Cc1cccc(-c2ccc(-c3nc4ccccc4nc3-c3ccc(-c4ccc(-c5nc(-c6ccccc6)cc(-c6ccccc6)n5)cc4)c4ccccc34)cc2)c1. The molecule has 0 radical (unpaired) electrons. The number of hydrogen-bond acceptors (Lipinski definition) is 5. The Morgan fingerprint density at radius 2 is 0.828 bits per heavy atom. The van der Waals surface area contributed by atoms with Crippen molar-refractivity contribution in [1.82, 2.24) is 19.9 Å². The lowest BCUT2D eigenvalue weighted by Crippen LogP contribution is -1.97. The van der Waals surface area contributed by atoms with Gasteiger partial charge in [0.1, 0.15) is 0 Å². The van der Waals surface area contributed by atoms with E-state index in [2.05, 4.69) is 121 Å². The maximum absolute atomic E-state index is 9.45.